The van der Waals surface area contributed by atoms with Crippen LogP contribution in [0.2, 0.25) is 0 Å². The van der Waals surface area contributed by atoms with Crippen molar-refractivity contribution in [2.75, 3.05) is 31.9 Å². The molecule has 136 valence electrons. The van der Waals surface area contributed by atoms with Gasteiger partial charge in [-0.25, -0.2) is 18.0 Å². The summed E-state index contributed by atoms with van der Waals surface area (Å²) in [4.78, 5) is 20.6. The number of piperazine rings is 1. The van der Waals surface area contributed by atoms with Gasteiger partial charge in [-0.15, -0.1) is 0 Å². The number of aliphatic carboxylic acids is 2. The topological polar surface area (TPSA) is 115 Å². The van der Waals surface area contributed by atoms with Crippen molar-refractivity contribution < 1.29 is 28.2 Å². The molecule has 23 heavy (non-hydrogen) atoms. The smallest absolute Gasteiger partial charge is 0.414 e. The molecular formula is C14H28N2O6S. The van der Waals surface area contributed by atoms with Crippen molar-refractivity contribution in [2.45, 2.75) is 46.1 Å². The lowest BCUT2D eigenvalue weighted by Crippen LogP contribution is -2.52. The van der Waals surface area contributed by atoms with E-state index in [0.717, 1.165) is 25.9 Å². The van der Waals surface area contributed by atoms with Crippen molar-refractivity contribution in [3.63, 3.8) is 0 Å². The molecule has 0 aromatic rings. The quantitative estimate of drug-likeness (QED) is 0.676. The Bertz CT molecular complexity index is 456. The first-order chi connectivity index (χ1) is 10.7. The van der Waals surface area contributed by atoms with E-state index in [1.165, 1.54) is 0 Å². The fraction of sp³-hybridized carbons (Fsp3) is 0.857. The summed E-state index contributed by atoms with van der Waals surface area (Å²) in [6.45, 7) is 9.42. The zero-order valence-corrected chi connectivity index (χ0v) is 14.9. The lowest BCUT2D eigenvalue weighted by atomic mass is 10.1. The highest BCUT2D eigenvalue weighted by Crippen LogP contribution is 2.14. The van der Waals surface area contributed by atoms with E-state index < -0.39 is 22.0 Å². The second kappa shape index (κ2) is 10.6. The van der Waals surface area contributed by atoms with Crippen LogP contribution >= 0.6 is 0 Å². The standard InChI is InChI=1S/C12H26N2O2S.C2H2O4/c1-4-11-17(15,16)14-9-7-13(8-10-14)12(5-2)6-3;3-1(4)2(5)6/h12H,4-11H2,1-3H3;(H,3,4)(H,5,6). The Morgan fingerprint density at radius 2 is 1.39 bits per heavy atom. The minimum absolute atomic E-state index is 0.290. The lowest BCUT2D eigenvalue weighted by molar-refractivity contribution is -0.159. The molecule has 0 saturated carbocycles. The summed E-state index contributed by atoms with van der Waals surface area (Å²) in [5.41, 5.74) is 0. The van der Waals surface area contributed by atoms with Crippen molar-refractivity contribution in [1.29, 1.82) is 0 Å². The molecule has 1 heterocycles. The van der Waals surface area contributed by atoms with Crippen LogP contribution in [0.1, 0.15) is 40.0 Å². The maximum absolute atomic E-state index is 11.9. The molecule has 1 aliphatic rings. The monoisotopic (exact) mass is 352 g/mol. The zero-order chi connectivity index (χ0) is 18.0. The highest BCUT2D eigenvalue weighted by atomic mass is 32.2. The Labute approximate surface area is 138 Å². The van der Waals surface area contributed by atoms with Gasteiger partial charge in [0.05, 0.1) is 5.75 Å². The molecule has 1 fully saturated rings. The van der Waals surface area contributed by atoms with Gasteiger partial charge in [0.25, 0.3) is 0 Å². The summed E-state index contributed by atoms with van der Waals surface area (Å²) in [6, 6.07) is 0.617. The Morgan fingerprint density at radius 3 is 1.70 bits per heavy atom. The van der Waals surface area contributed by atoms with E-state index in [4.69, 9.17) is 19.8 Å². The first-order valence-corrected chi connectivity index (χ1v) is 9.48. The molecule has 0 amide bonds. The summed E-state index contributed by atoms with van der Waals surface area (Å²) in [5.74, 6) is -3.36. The number of sulfonamides is 1. The van der Waals surface area contributed by atoms with E-state index in [0.29, 0.717) is 25.6 Å². The van der Waals surface area contributed by atoms with Crippen LogP contribution in [-0.4, -0.2) is 77.7 Å². The second-order valence-corrected chi connectivity index (χ2v) is 7.42. The summed E-state index contributed by atoms with van der Waals surface area (Å²) in [6.07, 6.45) is 3.01. The molecule has 8 nitrogen and oxygen atoms in total. The second-order valence-electron chi connectivity index (χ2n) is 5.33. The third-order valence-corrected chi connectivity index (χ3v) is 5.85. The average Bonchev–Trinajstić information content (AvgIpc) is 2.49. The van der Waals surface area contributed by atoms with Crippen molar-refractivity contribution >= 4 is 22.0 Å². The average molecular weight is 352 g/mol. The van der Waals surface area contributed by atoms with Gasteiger partial charge in [-0.05, 0) is 19.3 Å². The molecule has 2 N–H and O–H groups in total. The van der Waals surface area contributed by atoms with Crippen LogP contribution < -0.4 is 0 Å². The molecule has 0 aliphatic carbocycles. The van der Waals surface area contributed by atoms with E-state index in [2.05, 4.69) is 18.7 Å². The van der Waals surface area contributed by atoms with Gasteiger partial charge in [0.15, 0.2) is 0 Å². The maximum atomic E-state index is 11.9. The maximum Gasteiger partial charge on any atom is 0.414 e. The molecule has 1 aliphatic heterocycles. The summed E-state index contributed by atoms with van der Waals surface area (Å²) < 4.78 is 25.5. The summed E-state index contributed by atoms with van der Waals surface area (Å²) in [7, 11) is -2.99. The van der Waals surface area contributed by atoms with Gasteiger partial charge >= 0.3 is 11.9 Å². The van der Waals surface area contributed by atoms with Gasteiger partial charge in [0.1, 0.15) is 0 Å². The first kappa shape index (κ1) is 21.8. The number of hydrogen-bond donors (Lipinski definition) is 2. The molecular weight excluding hydrogens is 324 g/mol. The van der Waals surface area contributed by atoms with Crippen molar-refractivity contribution in [3.8, 4) is 0 Å². The third-order valence-electron chi connectivity index (χ3n) is 3.77. The zero-order valence-electron chi connectivity index (χ0n) is 14.1. The van der Waals surface area contributed by atoms with Crippen LogP contribution in [0.5, 0.6) is 0 Å². The van der Waals surface area contributed by atoms with Crippen LogP contribution in [0, 0.1) is 0 Å². The van der Waals surface area contributed by atoms with Crippen LogP contribution in [0.4, 0.5) is 0 Å². The molecule has 0 spiro atoms. The minimum atomic E-state index is -2.99. The lowest BCUT2D eigenvalue weighted by Gasteiger charge is -2.38. The molecule has 0 aromatic heterocycles. The number of rotatable bonds is 6. The molecule has 0 bridgehead atoms. The number of carboxylic acids is 2. The largest absolute Gasteiger partial charge is 0.473 e. The van der Waals surface area contributed by atoms with Crippen LogP contribution in [-0.2, 0) is 19.6 Å². The summed E-state index contributed by atoms with van der Waals surface area (Å²) >= 11 is 0. The number of hydrogen-bond acceptors (Lipinski definition) is 5. The Balaban J connectivity index is 0.000000688. The fourth-order valence-corrected chi connectivity index (χ4v) is 4.03. The van der Waals surface area contributed by atoms with Gasteiger partial charge in [0, 0.05) is 32.2 Å². The van der Waals surface area contributed by atoms with Crippen molar-refractivity contribution in [1.82, 2.24) is 9.21 Å². The minimum Gasteiger partial charge on any atom is -0.473 e. The molecule has 1 rings (SSSR count). The predicted molar refractivity (Wildman–Crippen MR) is 86.9 cm³/mol. The van der Waals surface area contributed by atoms with Gasteiger partial charge < -0.3 is 10.2 Å². The molecule has 1 saturated heterocycles. The van der Waals surface area contributed by atoms with Gasteiger partial charge in [-0.1, -0.05) is 20.8 Å². The molecule has 0 aromatic carbocycles. The van der Waals surface area contributed by atoms with Crippen LogP contribution in [0.25, 0.3) is 0 Å². The number of nitrogens with zero attached hydrogens (tertiary/aromatic N) is 2. The normalized spacial score (nSPS) is 16.7. The molecule has 0 atom stereocenters. The first-order valence-electron chi connectivity index (χ1n) is 7.87. The predicted octanol–water partition coefficient (Wildman–Crippen LogP) is 0.688. The summed E-state index contributed by atoms with van der Waals surface area (Å²) in [5, 5.41) is 14.8. The van der Waals surface area contributed by atoms with E-state index in [1.54, 1.807) is 4.31 Å². The van der Waals surface area contributed by atoms with Gasteiger partial charge in [0.2, 0.25) is 10.0 Å². The van der Waals surface area contributed by atoms with E-state index in [1.807, 2.05) is 6.92 Å². The van der Waals surface area contributed by atoms with Crippen molar-refractivity contribution in [3.05, 3.63) is 0 Å². The van der Waals surface area contributed by atoms with Crippen LogP contribution in [0.3, 0.4) is 0 Å². The van der Waals surface area contributed by atoms with Crippen LogP contribution in [0.15, 0.2) is 0 Å². The molecule has 0 radical (unpaired) electrons. The number of carboxylic acid groups (broad SMARTS) is 2. The number of carbonyl (C=O) groups is 2. The van der Waals surface area contributed by atoms with Gasteiger partial charge in [-0.3, -0.25) is 4.90 Å². The highest BCUT2D eigenvalue weighted by Gasteiger charge is 2.28. The van der Waals surface area contributed by atoms with Crippen molar-refractivity contribution in [2.24, 2.45) is 0 Å². The Hall–Kier alpha value is -1.19. The third kappa shape index (κ3) is 7.76. The highest BCUT2D eigenvalue weighted by molar-refractivity contribution is 7.89. The molecule has 9 heteroatoms. The molecule has 0 unspecified atom stereocenters. The SMILES string of the molecule is CCCS(=O)(=O)N1CCN(C(CC)CC)CC1.O=C(O)C(=O)O. The van der Waals surface area contributed by atoms with Gasteiger partial charge in [-0.2, -0.15) is 4.31 Å². The fourth-order valence-electron chi connectivity index (χ4n) is 2.54. The Kier molecular flexibility index (Phi) is 10.0. The Morgan fingerprint density at radius 1 is 0.957 bits per heavy atom. The van der Waals surface area contributed by atoms with E-state index in [-0.39, 0.29) is 5.75 Å². The van der Waals surface area contributed by atoms with E-state index in [9.17, 15) is 8.42 Å². The van der Waals surface area contributed by atoms with E-state index >= 15 is 0 Å².